The van der Waals surface area contributed by atoms with Crippen molar-refractivity contribution in [3.05, 3.63) is 60.2 Å². The fraction of sp³-hybridized carbons (Fsp3) is 0.0588. The van der Waals surface area contributed by atoms with Gasteiger partial charge in [0.1, 0.15) is 5.58 Å². The predicted octanol–water partition coefficient (Wildman–Crippen LogP) is 4.74. The van der Waals surface area contributed by atoms with Gasteiger partial charge < -0.3 is 8.83 Å². The molecule has 4 aromatic rings. The Balaban J connectivity index is 1.93. The van der Waals surface area contributed by atoms with Crippen LogP contribution in [0.3, 0.4) is 0 Å². The molecule has 0 amide bonds. The van der Waals surface area contributed by atoms with E-state index in [1.807, 2.05) is 0 Å². The van der Waals surface area contributed by atoms with Gasteiger partial charge in [0.05, 0.1) is 6.26 Å². The van der Waals surface area contributed by atoms with Crippen LogP contribution in [-0.4, -0.2) is 10.2 Å². The Morgan fingerprint density at radius 1 is 1.00 bits per heavy atom. The lowest BCUT2D eigenvalue weighted by Gasteiger charge is -2.02. The topological polar surface area (TPSA) is 52.1 Å². The maximum absolute atomic E-state index is 14.1. The van der Waals surface area contributed by atoms with Gasteiger partial charge in [-0.05, 0) is 24.3 Å². The van der Waals surface area contributed by atoms with Crippen LogP contribution in [0.1, 0.15) is 5.89 Å². The smallest absolute Gasteiger partial charge is 0.247 e. The van der Waals surface area contributed by atoms with Crippen LogP contribution in [0.4, 0.5) is 8.78 Å². The third-order valence-electron chi connectivity index (χ3n) is 3.59. The van der Waals surface area contributed by atoms with Crippen LogP contribution in [-0.2, 0) is 0 Å². The molecule has 2 heterocycles. The number of furan rings is 1. The highest BCUT2D eigenvalue weighted by molar-refractivity contribution is 5.96. The number of hydrogen-bond donors (Lipinski definition) is 0. The third kappa shape index (κ3) is 2.19. The van der Waals surface area contributed by atoms with Crippen LogP contribution < -0.4 is 0 Å². The first-order valence-electron chi connectivity index (χ1n) is 6.89. The maximum atomic E-state index is 14.1. The normalized spacial score (nSPS) is 11.3. The third-order valence-corrected chi connectivity index (χ3v) is 3.59. The molecule has 2 aromatic heterocycles. The van der Waals surface area contributed by atoms with Crippen molar-refractivity contribution < 1.29 is 17.6 Å². The summed E-state index contributed by atoms with van der Waals surface area (Å²) in [6, 6.07) is 9.29. The van der Waals surface area contributed by atoms with Crippen molar-refractivity contribution in [1.29, 1.82) is 0 Å². The van der Waals surface area contributed by atoms with E-state index in [9.17, 15) is 8.78 Å². The van der Waals surface area contributed by atoms with Crippen LogP contribution in [0.5, 0.6) is 0 Å². The summed E-state index contributed by atoms with van der Waals surface area (Å²) in [4.78, 5) is 0. The van der Waals surface area contributed by atoms with Crippen molar-refractivity contribution in [1.82, 2.24) is 10.2 Å². The number of aromatic nitrogens is 2. The summed E-state index contributed by atoms with van der Waals surface area (Å²) in [5, 5.41) is 8.39. The predicted molar refractivity (Wildman–Crippen MR) is 79.6 cm³/mol. The second kappa shape index (κ2) is 5.01. The lowest BCUT2D eigenvalue weighted by molar-refractivity contribution is 0.511. The molecular formula is C17H10F2N2O2. The van der Waals surface area contributed by atoms with Crippen LogP contribution in [0, 0.1) is 18.6 Å². The van der Waals surface area contributed by atoms with Crippen LogP contribution in [0.2, 0.25) is 0 Å². The summed E-state index contributed by atoms with van der Waals surface area (Å²) in [7, 11) is 0. The Bertz CT molecular complexity index is 1020. The number of aryl methyl sites for hydroxylation is 1. The average molecular weight is 312 g/mol. The quantitative estimate of drug-likeness (QED) is 0.536. The van der Waals surface area contributed by atoms with Gasteiger partial charge in [-0.25, -0.2) is 8.78 Å². The van der Waals surface area contributed by atoms with Gasteiger partial charge in [0.15, 0.2) is 11.6 Å². The molecular weight excluding hydrogens is 302 g/mol. The molecule has 0 atom stereocenters. The average Bonchev–Trinajstić information content (AvgIpc) is 3.16. The largest absolute Gasteiger partial charge is 0.464 e. The first kappa shape index (κ1) is 13.6. The van der Waals surface area contributed by atoms with Crippen molar-refractivity contribution in [3.63, 3.8) is 0 Å². The second-order valence-corrected chi connectivity index (χ2v) is 5.09. The minimum absolute atomic E-state index is 0.141. The van der Waals surface area contributed by atoms with E-state index < -0.39 is 11.6 Å². The van der Waals surface area contributed by atoms with Crippen molar-refractivity contribution in [2.24, 2.45) is 0 Å². The number of hydrogen-bond acceptors (Lipinski definition) is 4. The molecule has 0 saturated heterocycles. The van der Waals surface area contributed by atoms with E-state index in [4.69, 9.17) is 8.83 Å². The van der Waals surface area contributed by atoms with Crippen LogP contribution >= 0.6 is 0 Å². The Morgan fingerprint density at radius 3 is 2.65 bits per heavy atom. The van der Waals surface area contributed by atoms with E-state index in [0.29, 0.717) is 33.9 Å². The minimum atomic E-state index is -0.908. The zero-order valence-corrected chi connectivity index (χ0v) is 12.0. The van der Waals surface area contributed by atoms with Crippen molar-refractivity contribution in [2.45, 2.75) is 6.92 Å². The van der Waals surface area contributed by atoms with E-state index in [1.54, 1.807) is 25.1 Å². The van der Waals surface area contributed by atoms with Crippen LogP contribution in [0.15, 0.2) is 51.5 Å². The molecule has 0 spiro atoms. The van der Waals surface area contributed by atoms with Gasteiger partial charge in [-0.3, -0.25) is 0 Å². The molecule has 6 heteroatoms. The summed E-state index contributed by atoms with van der Waals surface area (Å²) in [5.41, 5.74) is 1.85. The molecule has 4 nitrogen and oxygen atoms in total. The summed E-state index contributed by atoms with van der Waals surface area (Å²) in [6.07, 6.45) is 1.41. The Labute approximate surface area is 129 Å². The molecule has 114 valence electrons. The second-order valence-electron chi connectivity index (χ2n) is 5.09. The highest BCUT2D eigenvalue weighted by Gasteiger charge is 2.16. The molecule has 0 fully saturated rings. The molecule has 0 aliphatic carbocycles. The number of rotatable bonds is 2. The molecule has 0 radical (unpaired) electrons. The summed E-state index contributed by atoms with van der Waals surface area (Å²) in [6.45, 7) is 1.69. The van der Waals surface area contributed by atoms with Gasteiger partial charge in [-0.2, -0.15) is 0 Å². The summed E-state index contributed by atoms with van der Waals surface area (Å²) >= 11 is 0. The van der Waals surface area contributed by atoms with Crippen molar-refractivity contribution in [2.75, 3.05) is 0 Å². The van der Waals surface area contributed by atoms with Crippen LogP contribution in [0.25, 0.3) is 33.6 Å². The van der Waals surface area contributed by atoms with Gasteiger partial charge in [-0.1, -0.05) is 12.1 Å². The molecule has 0 aliphatic heterocycles. The SMILES string of the molecule is Cc1nnc(-c2ccc3occ(-c4cccc(F)c4F)c3c2)o1. The van der Waals surface area contributed by atoms with E-state index in [-0.39, 0.29) is 5.56 Å². The molecule has 0 N–H and O–H groups in total. The van der Waals surface area contributed by atoms with E-state index in [2.05, 4.69) is 10.2 Å². The standard InChI is InChI=1S/C17H10F2N2O2/c1-9-20-21-17(23-9)10-5-6-15-12(7-10)13(8-22-15)11-3-2-4-14(18)16(11)19/h2-8H,1H3. The van der Waals surface area contributed by atoms with E-state index in [0.717, 1.165) is 6.07 Å². The Kier molecular flexibility index (Phi) is 2.97. The van der Waals surface area contributed by atoms with Gasteiger partial charge in [-0.15, -0.1) is 10.2 Å². The molecule has 2 aromatic carbocycles. The zero-order chi connectivity index (χ0) is 16.0. The molecule has 0 unspecified atom stereocenters. The minimum Gasteiger partial charge on any atom is -0.464 e. The number of nitrogens with zero attached hydrogens (tertiary/aromatic N) is 2. The lowest BCUT2D eigenvalue weighted by atomic mass is 10.0. The van der Waals surface area contributed by atoms with Crippen molar-refractivity contribution >= 4 is 11.0 Å². The molecule has 0 saturated carbocycles. The number of benzene rings is 2. The molecule has 4 rings (SSSR count). The summed E-state index contributed by atoms with van der Waals surface area (Å²) in [5.74, 6) is -1.00. The van der Waals surface area contributed by atoms with Gasteiger partial charge >= 0.3 is 0 Å². The van der Waals surface area contributed by atoms with E-state index >= 15 is 0 Å². The lowest BCUT2D eigenvalue weighted by Crippen LogP contribution is -1.88. The van der Waals surface area contributed by atoms with E-state index in [1.165, 1.54) is 18.4 Å². The molecule has 0 aliphatic rings. The molecule has 0 bridgehead atoms. The van der Waals surface area contributed by atoms with Gasteiger partial charge in [0.2, 0.25) is 11.8 Å². The number of fused-ring (bicyclic) bond motifs is 1. The first-order valence-corrected chi connectivity index (χ1v) is 6.89. The Morgan fingerprint density at radius 2 is 1.87 bits per heavy atom. The number of halogens is 2. The maximum Gasteiger partial charge on any atom is 0.247 e. The fourth-order valence-electron chi connectivity index (χ4n) is 2.50. The van der Waals surface area contributed by atoms with Gasteiger partial charge in [0.25, 0.3) is 0 Å². The first-order chi connectivity index (χ1) is 11.1. The molecule has 23 heavy (non-hydrogen) atoms. The fourth-order valence-corrected chi connectivity index (χ4v) is 2.50. The van der Waals surface area contributed by atoms with Crippen molar-refractivity contribution in [3.8, 4) is 22.6 Å². The Hall–Kier alpha value is -3.02. The highest BCUT2D eigenvalue weighted by Crippen LogP contribution is 2.35. The van der Waals surface area contributed by atoms with Gasteiger partial charge in [0, 0.05) is 29.0 Å². The highest BCUT2D eigenvalue weighted by atomic mass is 19.2. The summed E-state index contributed by atoms with van der Waals surface area (Å²) < 4.78 is 38.4. The zero-order valence-electron chi connectivity index (χ0n) is 12.0. The monoisotopic (exact) mass is 312 g/mol.